The molecule has 0 aromatic heterocycles. The number of phosphoric ester groups is 1. The number of aliphatic hydroxyl groups is 1. The Labute approximate surface area is 150 Å². The minimum Gasteiger partial charge on any atom is -0.480 e. The summed E-state index contributed by atoms with van der Waals surface area (Å²) in [5.41, 5.74) is 9.62. The first-order valence-corrected chi connectivity index (χ1v) is 10.4. The molecule has 21 heteroatoms. The van der Waals surface area contributed by atoms with E-state index < -0.39 is 60.7 Å². The van der Waals surface area contributed by atoms with Gasteiger partial charge in [-0.15, -0.1) is 0 Å². The molecule has 0 amide bonds. The molecule has 0 fully saturated rings. The molecular weight excluding hydrogens is 449 g/mol. The van der Waals surface area contributed by atoms with Gasteiger partial charge in [-0.1, -0.05) is 0 Å². The zero-order valence-electron chi connectivity index (χ0n) is 12.9. The van der Waals surface area contributed by atoms with E-state index in [1.807, 2.05) is 0 Å². The van der Waals surface area contributed by atoms with Crippen LogP contribution in [0.5, 0.6) is 0 Å². The van der Waals surface area contributed by atoms with Crippen molar-refractivity contribution in [3.05, 3.63) is 0 Å². The number of aliphatic hydroxyl groups excluding tert-OH is 1. The number of carbonyl (C=O) groups is 2. The quantitative estimate of drug-likeness (QED) is 0.151. The molecule has 27 heavy (non-hydrogen) atoms. The van der Waals surface area contributed by atoms with Gasteiger partial charge in [0.25, 0.3) is 0 Å². The molecule has 0 heterocycles. The van der Waals surface area contributed by atoms with Gasteiger partial charge in [0.05, 0.1) is 13.2 Å². The van der Waals surface area contributed by atoms with Gasteiger partial charge in [-0.05, 0) is 0 Å². The van der Waals surface area contributed by atoms with Gasteiger partial charge in [0.1, 0.15) is 12.1 Å². The standard InChI is InChI=1S/C3H8NO6P.C3H7NO3.H4O7P2/c4-2(3(5)6)1-10-11(7,8)9;4-2(1-5)3(6)7;1-8(2,3)7-9(4,5)6/h2H,1,4H2,(H,5,6)(H2,7,8,9);2,5H,1,4H2,(H,6,7);(H2,1,2,3)(H2,4,5,6)/t;2-;/m.0./s1. The first kappa shape index (κ1) is 30.9. The first-order valence-electron chi connectivity index (χ1n) is 5.82. The summed E-state index contributed by atoms with van der Waals surface area (Å²) in [5.74, 6) is -2.55. The van der Waals surface area contributed by atoms with Crippen LogP contribution in [0.2, 0.25) is 0 Å². The Morgan fingerprint density at radius 1 is 0.778 bits per heavy atom. The van der Waals surface area contributed by atoms with Gasteiger partial charge in [-0.2, -0.15) is 4.31 Å². The van der Waals surface area contributed by atoms with Gasteiger partial charge in [0.2, 0.25) is 0 Å². The average molecular weight is 468 g/mol. The Balaban J connectivity index is -0.000000329. The van der Waals surface area contributed by atoms with Crippen LogP contribution < -0.4 is 11.5 Å². The van der Waals surface area contributed by atoms with E-state index in [0.717, 1.165) is 0 Å². The summed E-state index contributed by atoms with van der Waals surface area (Å²) in [7, 11) is -14.7. The highest BCUT2D eigenvalue weighted by Crippen LogP contribution is 2.53. The molecular formula is C6H19N2O16P3. The maximum Gasteiger partial charge on any atom is 0.478 e. The summed E-state index contributed by atoms with van der Waals surface area (Å²) in [5, 5.41) is 24.0. The number of carboxylic acids is 2. The lowest BCUT2D eigenvalue weighted by atomic mass is 10.3. The molecule has 0 bridgehead atoms. The second-order valence-corrected chi connectivity index (χ2v) is 7.78. The Morgan fingerprint density at radius 2 is 1.11 bits per heavy atom. The third-order valence-corrected chi connectivity index (χ3v) is 3.65. The summed E-state index contributed by atoms with van der Waals surface area (Å²) in [4.78, 5) is 66.8. The van der Waals surface area contributed by atoms with E-state index in [1.165, 1.54) is 0 Å². The van der Waals surface area contributed by atoms with E-state index in [4.69, 9.17) is 56.1 Å². The molecule has 0 radical (unpaired) electrons. The van der Waals surface area contributed by atoms with Crippen LogP contribution >= 0.6 is 23.5 Å². The molecule has 0 saturated carbocycles. The first-order chi connectivity index (χ1) is 11.7. The maximum atomic E-state index is 9.98. The minimum absolute atomic E-state index is 0.505. The van der Waals surface area contributed by atoms with E-state index in [0.29, 0.717) is 0 Å². The number of phosphoric acid groups is 3. The van der Waals surface area contributed by atoms with Crippen LogP contribution in [0.25, 0.3) is 0 Å². The largest absolute Gasteiger partial charge is 0.480 e. The lowest BCUT2D eigenvalue weighted by Crippen LogP contribution is -2.34. The highest BCUT2D eigenvalue weighted by molar-refractivity contribution is 7.60. The van der Waals surface area contributed by atoms with Crippen LogP contribution in [0.15, 0.2) is 0 Å². The van der Waals surface area contributed by atoms with Crippen molar-refractivity contribution in [1.82, 2.24) is 0 Å². The second-order valence-electron chi connectivity index (χ2n) is 3.92. The van der Waals surface area contributed by atoms with Crippen LogP contribution in [-0.2, 0) is 32.1 Å². The SMILES string of the molecule is NC(COP(=O)(O)O)C(=O)O.N[C@@H](CO)C(=O)O.O=P(O)(O)OP(=O)(O)O. The van der Waals surface area contributed by atoms with E-state index in [-0.39, 0.29) is 0 Å². The van der Waals surface area contributed by atoms with Crippen LogP contribution in [-0.4, -0.2) is 81.9 Å². The monoisotopic (exact) mass is 468 g/mol. The molecule has 164 valence electrons. The summed E-state index contributed by atoms with van der Waals surface area (Å²) >= 11 is 0. The molecule has 2 atom stereocenters. The Bertz CT molecular complexity index is 571. The molecule has 0 saturated heterocycles. The fraction of sp³-hybridized carbons (Fsp3) is 0.667. The Hall–Kier alpha value is -0.810. The normalized spacial score (nSPS) is 14.0. The molecule has 0 aliphatic heterocycles. The number of hydrogen-bond acceptors (Lipinski definition) is 10. The predicted molar refractivity (Wildman–Crippen MR) is 81.5 cm³/mol. The Morgan fingerprint density at radius 3 is 1.22 bits per heavy atom. The third kappa shape index (κ3) is 30.2. The van der Waals surface area contributed by atoms with Crippen molar-refractivity contribution in [2.75, 3.05) is 13.2 Å². The molecule has 0 rings (SSSR count). The number of carboxylic acid groups (broad SMARTS) is 2. The van der Waals surface area contributed by atoms with Crippen LogP contribution in [0.3, 0.4) is 0 Å². The van der Waals surface area contributed by atoms with E-state index in [9.17, 15) is 23.3 Å². The number of hydrogen-bond donors (Lipinski definition) is 11. The molecule has 0 aliphatic carbocycles. The summed E-state index contributed by atoms with van der Waals surface area (Å²) in [6.45, 7) is -1.21. The Kier molecular flexibility index (Phi) is 15.3. The fourth-order valence-corrected chi connectivity index (χ4v) is 1.93. The fourth-order valence-electron chi connectivity index (χ4n) is 0.465. The van der Waals surface area contributed by atoms with Crippen molar-refractivity contribution in [3.63, 3.8) is 0 Å². The molecule has 1 unspecified atom stereocenters. The molecule has 0 aromatic carbocycles. The van der Waals surface area contributed by atoms with E-state index in [1.54, 1.807) is 0 Å². The van der Waals surface area contributed by atoms with Gasteiger partial charge in [0.15, 0.2) is 0 Å². The summed E-state index contributed by atoms with van der Waals surface area (Å²) in [6.07, 6.45) is 0. The van der Waals surface area contributed by atoms with Gasteiger partial charge in [0, 0.05) is 0 Å². The molecule has 0 aliphatic rings. The predicted octanol–water partition coefficient (Wildman–Crippen LogP) is -3.91. The van der Waals surface area contributed by atoms with Crippen molar-refractivity contribution in [2.45, 2.75) is 12.1 Å². The van der Waals surface area contributed by atoms with Gasteiger partial charge in [-0.3, -0.25) is 14.1 Å². The van der Waals surface area contributed by atoms with Crippen LogP contribution in [0, 0.1) is 0 Å². The van der Waals surface area contributed by atoms with Crippen LogP contribution in [0.4, 0.5) is 0 Å². The van der Waals surface area contributed by atoms with Crippen molar-refractivity contribution in [2.24, 2.45) is 11.5 Å². The van der Waals surface area contributed by atoms with Crippen molar-refractivity contribution >= 4 is 35.4 Å². The van der Waals surface area contributed by atoms with Crippen molar-refractivity contribution in [3.8, 4) is 0 Å². The van der Waals surface area contributed by atoms with Gasteiger partial charge in [-0.25, -0.2) is 13.7 Å². The van der Waals surface area contributed by atoms with Crippen molar-refractivity contribution < 1.29 is 76.8 Å². The third-order valence-electron chi connectivity index (χ3n) is 1.47. The molecule has 0 spiro atoms. The molecule has 0 aromatic rings. The lowest BCUT2D eigenvalue weighted by Gasteiger charge is -2.07. The zero-order chi connectivity index (χ0) is 22.6. The second kappa shape index (κ2) is 13.4. The number of aliphatic carboxylic acids is 2. The zero-order valence-corrected chi connectivity index (χ0v) is 15.6. The maximum absolute atomic E-state index is 9.98. The molecule has 13 N–H and O–H groups in total. The average Bonchev–Trinajstić information content (AvgIpc) is 2.40. The van der Waals surface area contributed by atoms with Crippen molar-refractivity contribution in [1.29, 1.82) is 0 Å². The van der Waals surface area contributed by atoms with E-state index >= 15 is 0 Å². The smallest absolute Gasteiger partial charge is 0.478 e. The van der Waals surface area contributed by atoms with E-state index in [2.05, 4.69) is 8.83 Å². The lowest BCUT2D eigenvalue weighted by molar-refractivity contribution is -0.140. The van der Waals surface area contributed by atoms with Crippen LogP contribution in [0.1, 0.15) is 0 Å². The number of nitrogens with two attached hydrogens (primary N) is 2. The number of rotatable bonds is 8. The highest BCUT2D eigenvalue weighted by Gasteiger charge is 2.28. The minimum atomic E-state index is -5.05. The highest BCUT2D eigenvalue weighted by atomic mass is 31.3. The topological polar surface area (TPSA) is 338 Å². The molecule has 18 nitrogen and oxygen atoms in total. The summed E-state index contributed by atoms with van der Waals surface area (Å²) < 4.78 is 36.0. The van der Waals surface area contributed by atoms with Gasteiger partial charge < -0.3 is 56.1 Å². The van der Waals surface area contributed by atoms with Gasteiger partial charge >= 0.3 is 35.4 Å². The summed E-state index contributed by atoms with van der Waals surface area (Å²) in [6, 6.07) is -2.54.